The number of rotatable bonds is 7. The molecule has 2 amide bonds. The highest BCUT2D eigenvalue weighted by molar-refractivity contribution is 6.00. The normalized spacial score (nSPS) is 12.1. The molecular formula is C26H21FN2O5. The molecule has 0 saturated carbocycles. The Labute approximate surface area is 194 Å². The van der Waals surface area contributed by atoms with E-state index in [0.717, 1.165) is 46.5 Å². The van der Waals surface area contributed by atoms with Crippen LogP contribution < -0.4 is 10.6 Å². The molecule has 34 heavy (non-hydrogen) atoms. The highest BCUT2D eigenvalue weighted by atomic mass is 19.1. The van der Waals surface area contributed by atoms with Crippen molar-refractivity contribution in [2.45, 2.75) is 5.92 Å². The molecule has 0 unspecified atom stereocenters. The number of carbonyl (C=O) groups is 3. The Bertz CT molecular complexity index is 1240. The number of nitrogens with one attached hydrogen (secondary N) is 2. The molecule has 3 aromatic rings. The summed E-state index contributed by atoms with van der Waals surface area (Å²) in [6.45, 7) is 0.186. The highest BCUT2D eigenvalue weighted by Crippen LogP contribution is 2.44. The summed E-state index contributed by atoms with van der Waals surface area (Å²) in [6, 6.07) is 19.1. The van der Waals surface area contributed by atoms with Crippen molar-refractivity contribution in [3.05, 3.63) is 101 Å². The third-order valence-electron chi connectivity index (χ3n) is 5.45. The molecule has 0 aliphatic heterocycles. The standard InChI is InChI=1S/C26H21FN2O5/c27-22-12-11-16(25(31)32)14-23(22)29-24(30)10-5-13-28-26(33)34-15-21-19-8-3-1-6-17(19)18-7-2-4-9-20(18)21/h1-12,14,21H,13,15H2,(H,28,33)(H,29,30)(H,31,32)/b10-5+. The monoisotopic (exact) mass is 460 g/mol. The number of halogens is 1. The first-order valence-corrected chi connectivity index (χ1v) is 10.5. The minimum Gasteiger partial charge on any atom is -0.478 e. The maximum Gasteiger partial charge on any atom is 0.407 e. The summed E-state index contributed by atoms with van der Waals surface area (Å²) in [7, 11) is 0. The molecule has 0 spiro atoms. The molecule has 1 aliphatic carbocycles. The van der Waals surface area contributed by atoms with E-state index in [1.165, 1.54) is 6.08 Å². The lowest BCUT2D eigenvalue weighted by molar-refractivity contribution is -0.112. The second kappa shape index (κ2) is 9.99. The Balaban J connectivity index is 1.27. The summed E-state index contributed by atoms with van der Waals surface area (Å²) < 4.78 is 19.2. The van der Waals surface area contributed by atoms with Gasteiger partial charge in [0.2, 0.25) is 5.91 Å². The van der Waals surface area contributed by atoms with Crippen LogP contribution in [0.3, 0.4) is 0 Å². The number of hydrogen-bond acceptors (Lipinski definition) is 4. The summed E-state index contributed by atoms with van der Waals surface area (Å²) in [6.07, 6.45) is 1.85. The van der Waals surface area contributed by atoms with Gasteiger partial charge in [-0.25, -0.2) is 14.0 Å². The largest absolute Gasteiger partial charge is 0.478 e. The van der Waals surface area contributed by atoms with Gasteiger partial charge in [0, 0.05) is 18.5 Å². The second-order valence-corrected chi connectivity index (χ2v) is 7.60. The van der Waals surface area contributed by atoms with E-state index in [-0.39, 0.29) is 30.3 Å². The summed E-state index contributed by atoms with van der Waals surface area (Å²) in [5, 5.41) is 13.8. The first kappa shape index (κ1) is 22.7. The van der Waals surface area contributed by atoms with Crippen molar-refractivity contribution in [3.63, 3.8) is 0 Å². The number of alkyl carbamates (subject to hydrolysis) is 1. The van der Waals surface area contributed by atoms with Crippen LogP contribution in [0.5, 0.6) is 0 Å². The second-order valence-electron chi connectivity index (χ2n) is 7.60. The third-order valence-corrected chi connectivity index (χ3v) is 5.45. The van der Waals surface area contributed by atoms with Crippen LogP contribution in [0.1, 0.15) is 27.4 Å². The molecule has 0 radical (unpaired) electrons. The molecule has 7 nitrogen and oxygen atoms in total. The van der Waals surface area contributed by atoms with Crippen LogP contribution in [0.25, 0.3) is 11.1 Å². The zero-order valence-electron chi connectivity index (χ0n) is 18.0. The number of carbonyl (C=O) groups excluding carboxylic acids is 2. The maximum atomic E-state index is 13.8. The van der Waals surface area contributed by atoms with Crippen LogP contribution in [-0.4, -0.2) is 36.2 Å². The first-order valence-electron chi connectivity index (χ1n) is 10.5. The Morgan fingerprint density at radius 1 is 0.971 bits per heavy atom. The Morgan fingerprint density at radius 3 is 2.26 bits per heavy atom. The molecule has 4 rings (SSSR count). The molecule has 1 aliphatic rings. The molecule has 172 valence electrons. The average molecular weight is 460 g/mol. The number of benzene rings is 3. The molecule has 0 heterocycles. The van der Waals surface area contributed by atoms with Gasteiger partial charge in [0.1, 0.15) is 12.4 Å². The highest BCUT2D eigenvalue weighted by Gasteiger charge is 2.28. The van der Waals surface area contributed by atoms with Crippen LogP contribution >= 0.6 is 0 Å². The molecule has 0 atom stereocenters. The van der Waals surface area contributed by atoms with E-state index in [2.05, 4.69) is 10.6 Å². The quantitative estimate of drug-likeness (QED) is 0.449. The molecule has 8 heteroatoms. The smallest absolute Gasteiger partial charge is 0.407 e. The average Bonchev–Trinajstić information content (AvgIpc) is 3.15. The Kier molecular flexibility index (Phi) is 6.68. The SMILES string of the molecule is O=C(/C=C/CNC(=O)OCC1c2ccccc2-c2ccccc21)Nc1cc(C(=O)O)ccc1F. The van der Waals surface area contributed by atoms with E-state index in [1.54, 1.807) is 0 Å². The molecule has 0 aromatic heterocycles. The minimum absolute atomic E-state index is 0.0156. The number of hydrogen-bond donors (Lipinski definition) is 3. The van der Waals surface area contributed by atoms with Crippen molar-refractivity contribution < 1.29 is 28.6 Å². The number of amides is 2. The van der Waals surface area contributed by atoms with Gasteiger partial charge in [-0.1, -0.05) is 54.6 Å². The van der Waals surface area contributed by atoms with Gasteiger partial charge < -0.3 is 20.5 Å². The van der Waals surface area contributed by atoms with Crippen LogP contribution in [0, 0.1) is 5.82 Å². The van der Waals surface area contributed by atoms with Gasteiger partial charge in [-0.2, -0.15) is 0 Å². The van der Waals surface area contributed by atoms with Crippen molar-refractivity contribution in [2.24, 2.45) is 0 Å². The van der Waals surface area contributed by atoms with Crippen LogP contribution in [0.4, 0.5) is 14.9 Å². The van der Waals surface area contributed by atoms with E-state index >= 15 is 0 Å². The van der Waals surface area contributed by atoms with Crippen molar-refractivity contribution >= 4 is 23.7 Å². The van der Waals surface area contributed by atoms with Gasteiger partial charge in [0.05, 0.1) is 11.3 Å². The van der Waals surface area contributed by atoms with Gasteiger partial charge in [0.15, 0.2) is 0 Å². The number of fused-ring (bicyclic) bond motifs is 3. The van der Waals surface area contributed by atoms with Gasteiger partial charge in [0.25, 0.3) is 0 Å². The van der Waals surface area contributed by atoms with Crippen molar-refractivity contribution in [2.75, 3.05) is 18.5 Å². The van der Waals surface area contributed by atoms with Gasteiger partial charge in [-0.15, -0.1) is 0 Å². The topological polar surface area (TPSA) is 105 Å². The lowest BCUT2D eigenvalue weighted by atomic mass is 9.98. The van der Waals surface area contributed by atoms with Crippen LogP contribution in [0.15, 0.2) is 78.9 Å². The fourth-order valence-electron chi connectivity index (χ4n) is 3.89. The van der Waals surface area contributed by atoms with E-state index in [9.17, 15) is 18.8 Å². The fourth-order valence-corrected chi connectivity index (χ4v) is 3.89. The molecular weight excluding hydrogens is 439 g/mol. The van der Waals surface area contributed by atoms with Crippen molar-refractivity contribution in [1.82, 2.24) is 5.32 Å². The zero-order valence-corrected chi connectivity index (χ0v) is 18.0. The molecule has 0 saturated heterocycles. The van der Waals surface area contributed by atoms with Crippen LogP contribution in [0.2, 0.25) is 0 Å². The van der Waals surface area contributed by atoms with Crippen molar-refractivity contribution in [1.29, 1.82) is 0 Å². The van der Waals surface area contributed by atoms with Gasteiger partial charge in [-0.3, -0.25) is 4.79 Å². The number of aromatic carboxylic acids is 1. The lowest BCUT2D eigenvalue weighted by Crippen LogP contribution is -2.26. The predicted octanol–water partition coefficient (Wildman–Crippen LogP) is 4.56. The number of ether oxygens (including phenoxy) is 1. The van der Waals surface area contributed by atoms with E-state index < -0.39 is 23.8 Å². The zero-order chi connectivity index (χ0) is 24.1. The lowest BCUT2D eigenvalue weighted by Gasteiger charge is -2.14. The van der Waals surface area contributed by atoms with Gasteiger partial charge in [-0.05, 0) is 40.5 Å². The van der Waals surface area contributed by atoms with E-state index in [0.29, 0.717) is 0 Å². The summed E-state index contributed by atoms with van der Waals surface area (Å²) in [5.74, 6) is -2.73. The maximum absolute atomic E-state index is 13.8. The summed E-state index contributed by atoms with van der Waals surface area (Å²) in [4.78, 5) is 35.1. The van der Waals surface area contributed by atoms with E-state index in [4.69, 9.17) is 9.84 Å². The summed E-state index contributed by atoms with van der Waals surface area (Å²) in [5.41, 5.74) is 4.06. The number of carboxylic acid groups (broad SMARTS) is 1. The summed E-state index contributed by atoms with van der Waals surface area (Å²) >= 11 is 0. The molecule has 0 fully saturated rings. The predicted molar refractivity (Wildman–Crippen MR) is 124 cm³/mol. The van der Waals surface area contributed by atoms with Crippen LogP contribution in [-0.2, 0) is 9.53 Å². The first-order chi connectivity index (χ1) is 16.4. The Hall–Kier alpha value is -4.46. The minimum atomic E-state index is -1.24. The van der Waals surface area contributed by atoms with E-state index in [1.807, 2.05) is 48.5 Å². The molecule has 0 bridgehead atoms. The third kappa shape index (κ3) is 4.96. The van der Waals surface area contributed by atoms with Gasteiger partial charge >= 0.3 is 12.1 Å². The number of carboxylic acids is 1. The van der Waals surface area contributed by atoms with Crippen molar-refractivity contribution in [3.8, 4) is 11.1 Å². The molecule has 3 N–H and O–H groups in total. The Morgan fingerprint density at radius 2 is 1.62 bits per heavy atom. The molecule has 3 aromatic carbocycles. The number of anilines is 1. The fraction of sp³-hybridized carbons (Fsp3) is 0.115.